The van der Waals surface area contributed by atoms with Crippen LogP contribution in [0, 0.1) is 11.6 Å². The fourth-order valence-corrected chi connectivity index (χ4v) is 2.21. The molecule has 0 saturated carbocycles. The van der Waals surface area contributed by atoms with E-state index in [4.69, 9.17) is 0 Å². The Labute approximate surface area is 137 Å². The van der Waals surface area contributed by atoms with Crippen LogP contribution < -0.4 is 10.6 Å². The summed E-state index contributed by atoms with van der Waals surface area (Å²) in [4.78, 5) is 4.28. The summed E-state index contributed by atoms with van der Waals surface area (Å²) in [6.45, 7) is 2.06. The Bertz CT molecular complexity index is 854. The molecule has 122 valence electrons. The maximum Gasteiger partial charge on any atom is 0.249 e. The van der Waals surface area contributed by atoms with E-state index in [0.717, 1.165) is 29.8 Å². The Balaban J connectivity index is 1.80. The number of nitrogens with zero attached hydrogens (tertiary/aromatic N) is 3. The quantitative estimate of drug-likeness (QED) is 0.735. The van der Waals surface area contributed by atoms with Gasteiger partial charge >= 0.3 is 0 Å². The second kappa shape index (κ2) is 6.99. The zero-order chi connectivity index (χ0) is 16.9. The molecule has 7 heteroatoms. The maximum absolute atomic E-state index is 13.3. The molecule has 1 heterocycles. The maximum atomic E-state index is 13.3. The van der Waals surface area contributed by atoms with Gasteiger partial charge in [-0.05, 0) is 30.2 Å². The van der Waals surface area contributed by atoms with Gasteiger partial charge in [0.05, 0.1) is 6.20 Å². The van der Waals surface area contributed by atoms with Gasteiger partial charge in [-0.15, -0.1) is 5.10 Å². The van der Waals surface area contributed by atoms with Gasteiger partial charge in [0.15, 0.2) is 17.5 Å². The summed E-state index contributed by atoms with van der Waals surface area (Å²) in [7, 11) is 0. The molecule has 0 unspecified atom stereocenters. The highest BCUT2D eigenvalue weighted by molar-refractivity contribution is 5.61. The number of aryl methyl sites for hydroxylation is 1. The molecule has 0 aliphatic carbocycles. The molecule has 0 fully saturated rings. The molecular formula is C17H15F2N5. The number of hydrogen-bond acceptors (Lipinski definition) is 5. The zero-order valence-corrected chi connectivity index (χ0v) is 12.9. The van der Waals surface area contributed by atoms with Crippen molar-refractivity contribution in [3.8, 4) is 0 Å². The number of rotatable bonds is 5. The first-order valence-electron chi connectivity index (χ1n) is 7.42. The molecule has 2 aromatic carbocycles. The summed E-state index contributed by atoms with van der Waals surface area (Å²) < 4.78 is 26.2. The Hall–Kier alpha value is -3.09. The molecule has 0 spiro atoms. The Morgan fingerprint density at radius 3 is 2.62 bits per heavy atom. The molecule has 3 rings (SSSR count). The molecule has 0 atom stereocenters. The van der Waals surface area contributed by atoms with Gasteiger partial charge in [-0.1, -0.05) is 25.1 Å². The summed E-state index contributed by atoms with van der Waals surface area (Å²) >= 11 is 0. The van der Waals surface area contributed by atoms with E-state index in [9.17, 15) is 8.78 Å². The van der Waals surface area contributed by atoms with Crippen molar-refractivity contribution in [1.82, 2.24) is 15.2 Å². The molecule has 2 N–H and O–H groups in total. The van der Waals surface area contributed by atoms with Crippen molar-refractivity contribution in [3.05, 3.63) is 65.9 Å². The van der Waals surface area contributed by atoms with Crippen LogP contribution in [0.4, 0.5) is 31.9 Å². The van der Waals surface area contributed by atoms with E-state index in [2.05, 4.69) is 32.7 Å². The predicted octanol–water partition coefficient (Wildman–Crippen LogP) is 4.20. The van der Waals surface area contributed by atoms with Crippen LogP contribution in [0.3, 0.4) is 0 Å². The Morgan fingerprint density at radius 2 is 1.83 bits per heavy atom. The summed E-state index contributed by atoms with van der Waals surface area (Å²) in [5.74, 6) is -1.16. The van der Waals surface area contributed by atoms with Crippen molar-refractivity contribution < 1.29 is 8.78 Å². The minimum atomic E-state index is -0.933. The van der Waals surface area contributed by atoms with E-state index in [1.807, 2.05) is 24.3 Å². The number of benzene rings is 2. The van der Waals surface area contributed by atoms with Crippen molar-refractivity contribution in [3.63, 3.8) is 0 Å². The third-order valence-corrected chi connectivity index (χ3v) is 3.40. The largest absolute Gasteiger partial charge is 0.339 e. The molecule has 3 aromatic rings. The lowest BCUT2D eigenvalue weighted by atomic mass is 10.1. The Morgan fingerprint density at radius 1 is 1.00 bits per heavy atom. The van der Waals surface area contributed by atoms with Gasteiger partial charge < -0.3 is 10.6 Å². The minimum absolute atomic E-state index is 0.309. The Kier molecular flexibility index (Phi) is 4.60. The zero-order valence-electron chi connectivity index (χ0n) is 12.9. The highest BCUT2D eigenvalue weighted by Gasteiger charge is 2.06. The number of aromatic nitrogens is 3. The van der Waals surface area contributed by atoms with Crippen LogP contribution in [0.25, 0.3) is 0 Å². The number of nitrogens with one attached hydrogen (secondary N) is 2. The van der Waals surface area contributed by atoms with Gasteiger partial charge in [0.2, 0.25) is 5.95 Å². The first kappa shape index (κ1) is 15.8. The van der Waals surface area contributed by atoms with Crippen molar-refractivity contribution >= 4 is 23.1 Å². The smallest absolute Gasteiger partial charge is 0.249 e. The van der Waals surface area contributed by atoms with Crippen LogP contribution in [0.5, 0.6) is 0 Å². The van der Waals surface area contributed by atoms with E-state index in [1.165, 1.54) is 12.3 Å². The summed E-state index contributed by atoms with van der Waals surface area (Å²) in [6, 6.07) is 11.3. The standard InChI is InChI=1S/C17H15F2N5/c1-2-11-5-3-4-6-15(11)22-17-23-16(10-20-24-17)21-12-7-8-13(18)14(19)9-12/h3-10H,2H2,1H3,(H2,21,22,23,24). The molecule has 1 aromatic heterocycles. The summed E-state index contributed by atoms with van der Waals surface area (Å²) in [5, 5.41) is 13.8. The molecule has 0 bridgehead atoms. The summed E-state index contributed by atoms with van der Waals surface area (Å²) in [6.07, 6.45) is 2.27. The topological polar surface area (TPSA) is 62.7 Å². The normalized spacial score (nSPS) is 10.5. The van der Waals surface area contributed by atoms with E-state index in [1.54, 1.807) is 0 Å². The van der Waals surface area contributed by atoms with Crippen LogP contribution in [0.1, 0.15) is 12.5 Å². The lowest BCUT2D eigenvalue weighted by Crippen LogP contribution is -2.04. The van der Waals surface area contributed by atoms with Gasteiger partial charge in [0, 0.05) is 17.4 Å². The van der Waals surface area contributed by atoms with E-state index >= 15 is 0 Å². The molecule has 0 amide bonds. The van der Waals surface area contributed by atoms with Crippen LogP contribution in [0.15, 0.2) is 48.7 Å². The first-order chi connectivity index (χ1) is 11.7. The van der Waals surface area contributed by atoms with Crippen molar-refractivity contribution in [1.29, 1.82) is 0 Å². The van der Waals surface area contributed by atoms with Crippen LogP contribution in [0.2, 0.25) is 0 Å². The molecule has 24 heavy (non-hydrogen) atoms. The lowest BCUT2D eigenvalue weighted by molar-refractivity contribution is 0.509. The summed E-state index contributed by atoms with van der Waals surface area (Å²) in [5.41, 5.74) is 2.39. The molecular weight excluding hydrogens is 312 g/mol. The lowest BCUT2D eigenvalue weighted by Gasteiger charge is -2.10. The van der Waals surface area contributed by atoms with E-state index in [-0.39, 0.29) is 0 Å². The SMILES string of the molecule is CCc1ccccc1Nc1nncc(Nc2ccc(F)c(F)c2)n1. The van der Waals surface area contributed by atoms with Crippen molar-refractivity contribution in [2.24, 2.45) is 0 Å². The first-order valence-corrected chi connectivity index (χ1v) is 7.42. The fourth-order valence-electron chi connectivity index (χ4n) is 2.21. The number of halogens is 2. The molecule has 5 nitrogen and oxygen atoms in total. The molecule has 0 aliphatic rings. The van der Waals surface area contributed by atoms with E-state index < -0.39 is 11.6 Å². The van der Waals surface area contributed by atoms with Gasteiger partial charge in [-0.3, -0.25) is 0 Å². The van der Waals surface area contributed by atoms with Gasteiger partial charge in [-0.25, -0.2) is 8.78 Å². The van der Waals surface area contributed by atoms with E-state index in [0.29, 0.717) is 17.5 Å². The third-order valence-electron chi connectivity index (χ3n) is 3.40. The van der Waals surface area contributed by atoms with Crippen molar-refractivity contribution in [2.45, 2.75) is 13.3 Å². The average molecular weight is 327 g/mol. The van der Waals surface area contributed by atoms with Crippen LogP contribution in [-0.2, 0) is 6.42 Å². The second-order valence-electron chi connectivity index (χ2n) is 5.05. The monoisotopic (exact) mass is 327 g/mol. The highest BCUT2D eigenvalue weighted by atomic mass is 19.2. The predicted molar refractivity (Wildman–Crippen MR) is 88.6 cm³/mol. The number of hydrogen-bond donors (Lipinski definition) is 2. The van der Waals surface area contributed by atoms with Gasteiger partial charge in [0.1, 0.15) is 0 Å². The molecule has 0 radical (unpaired) electrons. The number of para-hydroxylation sites is 1. The highest BCUT2D eigenvalue weighted by Crippen LogP contribution is 2.21. The van der Waals surface area contributed by atoms with Crippen LogP contribution >= 0.6 is 0 Å². The van der Waals surface area contributed by atoms with Crippen LogP contribution in [-0.4, -0.2) is 15.2 Å². The second-order valence-corrected chi connectivity index (χ2v) is 5.05. The minimum Gasteiger partial charge on any atom is -0.339 e. The third kappa shape index (κ3) is 3.62. The molecule has 0 saturated heterocycles. The fraction of sp³-hybridized carbons (Fsp3) is 0.118. The van der Waals surface area contributed by atoms with Crippen molar-refractivity contribution in [2.75, 3.05) is 10.6 Å². The average Bonchev–Trinajstić information content (AvgIpc) is 2.59. The molecule has 0 aliphatic heterocycles. The van der Waals surface area contributed by atoms with Gasteiger partial charge in [-0.2, -0.15) is 10.1 Å². The number of anilines is 4. The van der Waals surface area contributed by atoms with Gasteiger partial charge in [0.25, 0.3) is 0 Å².